The zero-order valence-electron chi connectivity index (χ0n) is 23.2. The SMILES string of the molecule is CC(C)(C)OC(=O)N1CCCC2(CCCN2CC2C[C@@H](n3ccc4c(Cl)ncnc43)[C@@H]3OC(C)(C)O[C@H]23)C1. The molecule has 5 atom stereocenters. The molecular formula is C28H40ClN5O4. The van der Waals surface area contributed by atoms with Gasteiger partial charge in [0.1, 0.15) is 28.8 Å². The quantitative estimate of drug-likeness (QED) is 0.500. The predicted molar refractivity (Wildman–Crippen MR) is 144 cm³/mol. The first-order valence-electron chi connectivity index (χ1n) is 14.0. The van der Waals surface area contributed by atoms with Gasteiger partial charge in [0, 0.05) is 37.3 Å². The van der Waals surface area contributed by atoms with E-state index in [9.17, 15) is 4.79 Å². The average molecular weight is 546 g/mol. The van der Waals surface area contributed by atoms with E-state index in [0.29, 0.717) is 11.1 Å². The third kappa shape index (κ3) is 4.69. The number of likely N-dealkylation sites (tertiary alicyclic amines) is 2. The lowest BCUT2D eigenvalue weighted by Gasteiger charge is -2.47. The minimum Gasteiger partial charge on any atom is -0.444 e. The van der Waals surface area contributed by atoms with Crippen molar-refractivity contribution in [3.05, 3.63) is 23.7 Å². The number of amides is 1. The van der Waals surface area contributed by atoms with Crippen LogP contribution in [0.2, 0.25) is 5.15 Å². The maximum Gasteiger partial charge on any atom is 0.410 e. The van der Waals surface area contributed by atoms with Crippen LogP contribution in [0.3, 0.4) is 0 Å². The van der Waals surface area contributed by atoms with Crippen LogP contribution < -0.4 is 0 Å². The van der Waals surface area contributed by atoms with E-state index in [1.54, 1.807) is 0 Å². The lowest BCUT2D eigenvalue weighted by atomic mass is 9.85. The highest BCUT2D eigenvalue weighted by Gasteiger charge is 2.56. The van der Waals surface area contributed by atoms with Crippen molar-refractivity contribution >= 4 is 28.7 Å². The van der Waals surface area contributed by atoms with E-state index in [0.717, 1.165) is 69.3 Å². The molecule has 0 bridgehead atoms. The van der Waals surface area contributed by atoms with Crippen LogP contribution in [0.4, 0.5) is 4.79 Å². The van der Waals surface area contributed by atoms with Crippen LogP contribution in [0.1, 0.15) is 72.8 Å². The third-order valence-corrected chi connectivity index (χ3v) is 9.07. The smallest absolute Gasteiger partial charge is 0.410 e. The highest BCUT2D eigenvalue weighted by molar-refractivity contribution is 6.33. The Balaban J connectivity index is 1.24. The summed E-state index contributed by atoms with van der Waals surface area (Å²) in [5, 5.41) is 1.32. The highest BCUT2D eigenvalue weighted by atomic mass is 35.5. The molecule has 2 unspecified atom stereocenters. The lowest BCUT2D eigenvalue weighted by molar-refractivity contribution is -0.161. The number of ether oxygens (including phenoxy) is 3. The Morgan fingerprint density at radius 2 is 1.89 bits per heavy atom. The van der Waals surface area contributed by atoms with Crippen LogP contribution in [0, 0.1) is 5.92 Å². The number of piperidine rings is 1. The van der Waals surface area contributed by atoms with Gasteiger partial charge in [-0.15, -0.1) is 0 Å². The molecule has 3 saturated heterocycles. The van der Waals surface area contributed by atoms with Gasteiger partial charge >= 0.3 is 6.09 Å². The van der Waals surface area contributed by atoms with Gasteiger partial charge in [0.15, 0.2) is 5.79 Å². The summed E-state index contributed by atoms with van der Waals surface area (Å²) in [6.07, 6.45) is 8.60. The predicted octanol–water partition coefficient (Wildman–Crippen LogP) is 5.03. The fourth-order valence-corrected chi connectivity index (χ4v) is 7.53. The molecular weight excluding hydrogens is 506 g/mol. The molecule has 5 heterocycles. The molecule has 4 aliphatic rings. The van der Waals surface area contributed by atoms with Gasteiger partial charge in [-0.05, 0) is 79.3 Å². The molecule has 4 fully saturated rings. The van der Waals surface area contributed by atoms with Crippen molar-refractivity contribution in [1.82, 2.24) is 24.3 Å². The Kier molecular flexibility index (Phi) is 6.45. The van der Waals surface area contributed by atoms with Crippen LogP contribution in [0.15, 0.2) is 18.6 Å². The maximum absolute atomic E-state index is 13.0. The number of halogens is 1. The summed E-state index contributed by atoms with van der Waals surface area (Å²) in [6.45, 7) is 13.3. The largest absolute Gasteiger partial charge is 0.444 e. The Bertz CT molecular complexity index is 1210. The summed E-state index contributed by atoms with van der Waals surface area (Å²) in [5.41, 5.74) is 0.342. The van der Waals surface area contributed by atoms with Gasteiger partial charge in [0.05, 0.1) is 17.5 Å². The molecule has 0 N–H and O–H groups in total. The monoisotopic (exact) mass is 545 g/mol. The minimum atomic E-state index is -0.636. The number of carbonyl (C=O) groups is 1. The van der Waals surface area contributed by atoms with Gasteiger partial charge in [-0.3, -0.25) is 4.90 Å². The molecule has 6 rings (SSSR count). The van der Waals surface area contributed by atoms with E-state index in [-0.39, 0.29) is 29.9 Å². The first-order chi connectivity index (χ1) is 17.9. The topological polar surface area (TPSA) is 82.0 Å². The van der Waals surface area contributed by atoms with Crippen LogP contribution in [-0.4, -0.2) is 85.7 Å². The zero-order chi connectivity index (χ0) is 26.9. The number of rotatable bonds is 3. The molecule has 1 aliphatic carbocycles. The second-order valence-electron chi connectivity index (χ2n) is 13.0. The molecule has 3 aliphatic heterocycles. The summed E-state index contributed by atoms with van der Waals surface area (Å²) in [5.74, 6) is -0.337. The van der Waals surface area contributed by atoms with E-state index in [2.05, 4.69) is 25.6 Å². The first kappa shape index (κ1) is 26.3. The van der Waals surface area contributed by atoms with Crippen LogP contribution in [0.25, 0.3) is 11.0 Å². The Morgan fingerprint density at radius 3 is 2.66 bits per heavy atom. The summed E-state index contributed by atoms with van der Waals surface area (Å²) >= 11 is 6.36. The highest BCUT2D eigenvalue weighted by Crippen LogP contribution is 2.49. The number of fused-ring (bicyclic) bond motifs is 2. The number of aromatic nitrogens is 3. The van der Waals surface area contributed by atoms with Gasteiger partial charge in [0.25, 0.3) is 0 Å². The zero-order valence-corrected chi connectivity index (χ0v) is 23.9. The fraction of sp³-hybridized carbons (Fsp3) is 0.750. The number of hydrogen-bond acceptors (Lipinski definition) is 7. The lowest BCUT2D eigenvalue weighted by Crippen LogP contribution is -2.58. The molecule has 38 heavy (non-hydrogen) atoms. The van der Waals surface area contributed by atoms with Gasteiger partial charge in [-0.2, -0.15) is 0 Å². The Hall–Kier alpha value is -1.94. The average Bonchev–Trinajstić information content (AvgIpc) is 3.57. The molecule has 0 radical (unpaired) electrons. The summed E-state index contributed by atoms with van der Waals surface area (Å²) in [4.78, 5) is 26.2. The summed E-state index contributed by atoms with van der Waals surface area (Å²) in [7, 11) is 0. The fourth-order valence-electron chi connectivity index (χ4n) is 7.33. The van der Waals surface area contributed by atoms with Crippen LogP contribution >= 0.6 is 11.6 Å². The Labute approximate surface area is 229 Å². The van der Waals surface area contributed by atoms with E-state index in [4.69, 9.17) is 25.8 Å². The second-order valence-corrected chi connectivity index (χ2v) is 13.4. The number of carbonyl (C=O) groups excluding carboxylic acids is 1. The number of nitrogens with zero attached hydrogens (tertiary/aromatic N) is 5. The molecule has 1 saturated carbocycles. The van der Waals surface area contributed by atoms with E-state index in [1.807, 2.05) is 45.6 Å². The van der Waals surface area contributed by atoms with Crippen molar-refractivity contribution in [2.45, 2.75) is 102 Å². The van der Waals surface area contributed by atoms with Crippen LogP contribution in [0.5, 0.6) is 0 Å². The van der Waals surface area contributed by atoms with E-state index >= 15 is 0 Å². The standard InChI is InChI=1S/C28H40ClN5O4/c1-26(2,3)38-25(35)32-11-6-9-28(16-32)10-7-12-33(28)15-18-14-20(22-21(18)36-27(4,5)37-22)34-13-8-19-23(29)30-17-31-24(19)34/h8,13,17-18,20-22H,6-7,9-12,14-16H2,1-5H3/t18?,20-,21-,22+,28?/m1/s1. The van der Waals surface area contributed by atoms with Crippen molar-refractivity contribution in [2.75, 3.05) is 26.2 Å². The van der Waals surface area contributed by atoms with Crippen molar-refractivity contribution in [2.24, 2.45) is 5.92 Å². The molecule has 208 valence electrons. The first-order valence-corrected chi connectivity index (χ1v) is 14.4. The molecule has 10 heteroatoms. The number of hydrogen-bond donors (Lipinski definition) is 0. The molecule has 1 amide bonds. The normalized spacial score (nSPS) is 33.4. The molecule has 2 aromatic heterocycles. The third-order valence-electron chi connectivity index (χ3n) is 8.77. The maximum atomic E-state index is 13.0. The van der Waals surface area contributed by atoms with Gasteiger partial charge in [0.2, 0.25) is 0 Å². The summed E-state index contributed by atoms with van der Waals surface area (Å²) < 4.78 is 21.0. The van der Waals surface area contributed by atoms with Gasteiger partial charge < -0.3 is 23.7 Å². The molecule has 1 spiro atoms. The van der Waals surface area contributed by atoms with Gasteiger partial charge in [-0.1, -0.05) is 11.6 Å². The van der Waals surface area contributed by atoms with E-state index < -0.39 is 11.4 Å². The van der Waals surface area contributed by atoms with E-state index in [1.165, 1.54) is 6.33 Å². The van der Waals surface area contributed by atoms with Crippen LogP contribution in [-0.2, 0) is 14.2 Å². The molecule has 9 nitrogen and oxygen atoms in total. The summed E-state index contributed by atoms with van der Waals surface area (Å²) in [6, 6.07) is 2.09. The van der Waals surface area contributed by atoms with Crippen molar-refractivity contribution in [3.8, 4) is 0 Å². The Morgan fingerprint density at radius 1 is 1.16 bits per heavy atom. The van der Waals surface area contributed by atoms with Crippen molar-refractivity contribution < 1.29 is 19.0 Å². The van der Waals surface area contributed by atoms with Crippen molar-refractivity contribution in [3.63, 3.8) is 0 Å². The second kappa shape index (κ2) is 9.32. The van der Waals surface area contributed by atoms with Crippen molar-refractivity contribution in [1.29, 1.82) is 0 Å². The minimum absolute atomic E-state index is 0.00138. The van der Waals surface area contributed by atoms with Gasteiger partial charge in [-0.25, -0.2) is 14.8 Å². The molecule has 0 aromatic carbocycles. The molecule has 2 aromatic rings.